The highest BCUT2D eigenvalue weighted by atomic mass is 16.7. The van der Waals surface area contributed by atoms with Gasteiger partial charge in [0.2, 0.25) is 6.79 Å². The van der Waals surface area contributed by atoms with Gasteiger partial charge in [-0.15, -0.1) is 0 Å². The second-order valence-corrected chi connectivity index (χ2v) is 5.56. The summed E-state index contributed by atoms with van der Waals surface area (Å²) in [4.78, 5) is 23.7. The van der Waals surface area contributed by atoms with Gasteiger partial charge in [-0.2, -0.15) is 5.10 Å². The van der Waals surface area contributed by atoms with E-state index in [2.05, 4.69) is 15.8 Å². The summed E-state index contributed by atoms with van der Waals surface area (Å²) in [7, 11) is 0. The first-order valence-electron chi connectivity index (χ1n) is 7.64. The predicted octanol–water partition coefficient (Wildman–Crippen LogP) is 2.12. The number of rotatable bonds is 3. The van der Waals surface area contributed by atoms with E-state index in [4.69, 9.17) is 9.47 Å². The SMILES string of the molecule is Cc1ccc(NC(=O)C(=O)N/N=C\c2ccc3c(c2)OCO3)cc1C. The Labute approximate surface area is 144 Å². The lowest BCUT2D eigenvalue weighted by atomic mass is 10.1. The molecule has 25 heavy (non-hydrogen) atoms. The van der Waals surface area contributed by atoms with Gasteiger partial charge in [-0.05, 0) is 60.9 Å². The Morgan fingerprint density at radius 1 is 1.00 bits per heavy atom. The van der Waals surface area contributed by atoms with Crippen LogP contribution in [-0.2, 0) is 9.59 Å². The minimum Gasteiger partial charge on any atom is -0.454 e. The average Bonchev–Trinajstić information content (AvgIpc) is 3.05. The average molecular weight is 339 g/mol. The van der Waals surface area contributed by atoms with Crippen LogP contribution < -0.4 is 20.2 Å². The normalized spacial score (nSPS) is 12.2. The molecule has 2 N–H and O–H groups in total. The van der Waals surface area contributed by atoms with Crippen molar-refractivity contribution in [2.75, 3.05) is 12.1 Å². The van der Waals surface area contributed by atoms with Crippen molar-refractivity contribution in [3.8, 4) is 11.5 Å². The highest BCUT2D eigenvalue weighted by molar-refractivity contribution is 6.39. The van der Waals surface area contributed by atoms with Crippen molar-refractivity contribution >= 4 is 23.7 Å². The smallest absolute Gasteiger partial charge is 0.329 e. The highest BCUT2D eigenvalue weighted by Crippen LogP contribution is 2.31. The molecule has 1 aliphatic rings. The summed E-state index contributed by atoms with van der Waals surface area (Å²) in [5, 5.41) is 6.31. The molecule has 0 aliphatic carbocycles. The number of carbonyl (C=O) groups excluding carboxylic acids is 2. The molecule has 0 unspecified atom stereocenters. The Morgan fingerprint density at radius 2 is 1.80 bits per heavy atom. The topological polar surface area (TPSA) is 89.0 Å². The lowest BCUT2D eigenvalue weighted by Gasteiger charge is -2.06. The largest absolute Gasteiger partial charge is 0.454 e. The molecule has 0 saturated carbocycles. The van der Waals surface area contributed by atoms with E-state index in [9.17, 15) is 9.59 Å². The van der Waals surface area contributed by atoms with Crippen LogP contribution in [0.5, 0.6) is 11.5 Å². The zero-order valence-corrected chi connectivity index (χ0v) is 13.8. The van der Waals surface area contributed by atoms with Gasteiger partial charge in [-0.1, -0.05) is 6.07 Å². The maximum Gasteiger partial charge on any atom is 0.329 e. The van der Waals surface area contributed by atoms with E-state index in [-0.39, 0.29) is 6.79 Å². The maximum absolute atomic E-state index is 11.9. The van der Waals surface area contributed by atoms with E-state index in [1.165, 1.54) is 6.21 Å². The van der Waals surface area contributed by atoms with Gasteiger partial charge in [0.1, 0.15) is 0 Å². The quantitative estimate of drug-likeness (QED) is 0.509. The van der Waals surface area contributed by atoms with Gasteiger partial charge < -0.3 is 14.8 Å². The maximum atomic E-state index is 11.9. The number of ether oxygens (including phenoxy) is 2. The molecule has 0 spiro atoms. The standard InChI is InChI=1S/C18H17N3O4/c1-11-3-5-14(7-12(11)2)20-17(22)18(23)21-19-9-13-4-6-15-16(8-13)25-10-24-15/h3-9H,10H2,1-2H3,(H,20,22)(H,21,23)/b19-9-. The summed E-state index contributed by atoms with van der Waals surface area (Å²) in [5.41, 5.74) is 5.59. The molecule has 2 amide bonds. The van der Waals surface area contributed by atoms with Gasteiger partial charge in [0.15, 0.2) is 11.5 Å². The van der Waals surface area contributed by atoms with Crippen LogP contribution in [0, 0.1) is 13.8 Å². The van der Waals surface area contributed by atoms with Crippen LogP contribution in [0.3, 0.4) is 0 Å². The summed E-state index contributed by atoms with van der Waals surface area (Å²) in [6.45, 7) is 4.09. The van der Waals surface area contributed by atoms with Gasteiger partial charge >= 0.3 is 11.8 Å². The molecule has 0 radical (unpaired) electrons. The van der Waals surface area contributed by atoms with Crippen LogP contribution in [0.1, 0.15) is 16.7 Å². The molecule has 0 fully saturated rings. The third-order valence-electron chi connectivity index (χ3n) is 3.75. The third-order valence-corrected chi connectivity index (χ3v) is 3.75. The fourth-order valence-electron chi connectivity index (χ4n) is 2.22. The van der Waals surface area contributed by atoms with Crippen LogP contribution in [0.2, 0.25) is 0 Å². The van der Waals surface area contributed by atoms with Crippen LogP contribution in [0.25, 0.3) is 0 Å². The molecule has 7 heteroatoms. The zero-order valence-electron chi connectivity index (χ0n) is 13.8. The lowest BCUT2D eigenvalue weighted by molar-refractivity contribution is -0.136. The monoisotopic (exact) mass is 339 g/mol. The molecular weight excluding hydrogens is 322 g/mol. The molecule has 0 aromatic heterocycles. The van der Waals surface area contributed by atoms with E-state index in [1.54, 1.807) is 30.3 Å². The first kappa shape index (κ1) is 16.5. The third kappa shape index (κ3) is 3.95. The van der Waals surface area contributed by atoms with E-state index < -0.39 is 11.8 Å². The van der Waals surface area contributed by atoms with Crippen molar-refractivity contribution in [3.05, 3.63) is 53.1 Å². The minimum atomic E-state index is -0.852. The second-order valence-electron chi connectivity index (χ2n) is 5.56. The number of hydrazone groups is 1. The van der Waals surface area contributed by atoms with Gasteiger partial charge in [0.05, 0.1) is 6.21 Å². The summed E-state index contributed by atoms with van der Waals surface area (Å²) >= 11 is 0. The number of carbonyl (C=O) groups is 2. The Kier molecular flexibility index (Phi) is 4.65. The van der Waals surface area contributed by atoms with Crippen molar-refractivity contribution in [1.82, 2.24) is 5.43 Å². The van der Waals surface area contributed by atoms with Gasteiger partial charge in [-0.25, -0.2) is 5.43 Å². The predicted molar refractivity (Wildman–Crippen MR) is 92.8 cm³/mol. The van der Waals surface area contributed by atoms with E-state index in [1.807, 2.05) is 19.9 Å². The second kappa shape index (κ2) is 7.04. The molecular formula is C18H17N3O4. The Hall–Kier alpha value is -3.35. The number of benzene rings is 2. The van der Waals surface area contributed by atoms with E-state index in [0.717, 1.165) is 11.1 Å². The van der Waals surface area contributed by atoms with E-state index >= 15 is 0 Å². The van der Waals surface area contributed by atoms with Crippen molar-refractivity contribution in [2.24, 2.45) is 5.10 Å². The molecule has 0 bridgehead atoms. The summed E-state index contributed by atoms with van der Waals surface area (Å²) in [6, 6.07) is 10.7. The fourth-order valence-corrected chi connectivity index (χ4v) is 2.22. The lowest BCUT2D eigenvalue weighted by Crippen LogP contribution is -2.32. The van der Waals surface area contributed by atoms with Crippen LogP contribution in [0.4, 0.5) is 5.69 Å². The van der Waals surface area contributed by atoms with Crippen molar-refractivity contribution in [1.29, 1.82) is 0 Å². The molecule has 0 atom stereocenters. The summed E-state index contributed by atoms with van der Waals surface area (Å²) in [5.74, 6) is -0.363. The number of fused-ring (bicyclic) bond motifs is 1. The molecule has 1 heterocycles. The van der Waals surface area contributed by atoms with Gasteiger partial charge in [0, 0.05) is 5.69 Å². The summed E-state index contributed by atoms with van der Waals surface area (Å²) in [6.07, 6.45) is 1.42. The highest BCUT2D eigenvalue weighted by Gasteiger charge is 2.14. The minimum absolute atomic E-state index is 0.186. The number of aryl methyl sites for hydroxylation is 2. The Balaban J connectivity index is 1.56. The number of anilines is 1. The van der Waals surface area contributed by atoms with Gasteiger partial charge in [0.25, 0.3) is 0 Å². The molecule has 7 nitrogen and oxygen atoms in total. The van der Waals surface area contributed by atoms with Crippen molar-refractivity contribution in [2.45, 2.75) is 13.8 Å². The molecule has 3 rings (SSSR count). The molecule has 0 saturated heterocycles. The molecule has 2 aromatic rings. The van der Waals surface area contributed by atoms with Crippen LogP contribution in [-0.4, -0.2) is 24.8 Å². The Morgan fingerprint density at radius 3 is 2.60 bits per heavy atom. The fraction of sp³-hybridized carbons (Fsp3) is 0.167. The van der Waals surface area contributed by atoms with Gasteiger partial charge in [-0.3, -0.25) is 9.59 Å². The molecule has 128 valence electrons. The van der Waals surface area contributed by atoms with Crippen LogP contribution >= 0.6 is 0 Å². The number of amides is 2. The van der Waals surface area contributed by atoms with E-state index in [0.29, 0.717) is 22.7 Å². The van der Waals surface area contributed by atoms with Crippen LogP contribution in [0.15, 0.2) is 41.5 Å². The van der Waals surface area contributed by atoms with Crippen molar-refractivity contribution < 1.29 is 19.1 Å². The number of hydrogen-bond donors (Lipinski definition) is 2. The first-order chi connectivity index (χ1) is 12.0. The summed E-state index contributed by atoms with van der Waals surface area (Å²) < 4.78 is 10.5. The van der Waals surface area contributed by atoms with Crippen molar-refractivity contribution in [3.63, 3.8) is 0 Å². The zero-order chi connectivity index (χ0) is 17.8. The molecule has 2 aromatic carbocycles. The molecule has 1 aliphatic heterocycles. The number of nitrogens with zero attached hydrogens (tertiary/aromatic N) is 1. The number of nitrogens with one attached hydrogen (secondary N) is 2. The Bertz CT molecular complexity index is 861. The number of hydrogen-bond acceptors (Lipinski definition) is 5. The first-order valence-corrected chi connectivity index (χ1v) is 7.64.